The summed E-state index contributed by atoms with van der Waals surface area (Å²) in [4.78, 5) is 126. The number of carbonyl (C=O) groups excluding carboxylic acids is 4. The molecule has 14 rings (SSSR count). The van der Waals surface area contributed by atoms with Gasteiger partial charge >= 0.3 is 0 Å². The van der Waals surface area contributed by atoms with Gasteiger partial charge in [-0.25, -0.2) is 39.3 Å². The number of hydrogen-bond donors (Lipinski definition) is 4. The summed E-state index contributed by atoms with van der Waals surface area (Å²) in [5.74, 6) is 0.460. The lowest BCUT2D eigenvalue weighted by molar-refractivity contribution is -0.128. The summed E-state index contributed by atoms with van der Waals surface area (Å²) in [6, 6.07) is 38.0. The van der Waals surface area contributed by atoms with Gasteiger partial charge in [-0.3, -0.25) is 38.1 Å². The number of halogens is 1. The van der Waals surface area contributed by atoms with Crippen LogP contribution >= 0.6 is 0 Å². The molecule has 0 bridgehead atoms. The SMILES string of the molecule is CCCN(CCC)C(=O)C1=Cc2cc(F)c(-c3ccc4c(=O)n(CC(N)=O)ccc4c3)cc2N=C(N)C1.CCCN(CCC)C(=O)C1=Cc2ccc(-c3ccc4c(=O)n(-c5ncccn5)ccc4c3)cc2N=C(N)C1.CCCN(CCC)C(=O)C1=Cc2ccc(-c3ccc4c(=O)n(-c5ncccn5)ncc4c3)cc2N=C(N)C1. The van der Waals surface area contributed by atoms with E-state index in [-0.39, 0.29) is 59.1 Å². The number of amides is 4. The Hall–Kier alpha value is -13.5. The van der Waals surface area contributed by atoms with E-state index in [2.05, 4.69) is 67.7 Å². The predicted molar refractivity (Wildman–Crippen MR) is 445 cm³/mol. The Morgan fingerprint density at radius 2 is 0.823 bits per heavy atom. The summed E-state index contributed by atoms with van der Waals surface area (Å²) < 4.78 is 19.3. The minimum absolute atomic E-state index is 0.0114. The van der Waals surface area contributed by atoms with Crippen LogP contribution in [0.2, 0.25) is 0 Å². The van der Waals surface area contributed by atoms with Crippen molar-refractivity contribution in [3.05, 3.63) is 241 Å². The first-order valence-corrected chi connectivity index (χ1v) is 37.9. The number of benzene rings is 6. The summed E-state index contributed by atoms with van der Waals surface area (Å²) in [7, 11) is 0. The predicted octanol–water partition coefficient (Wildman–Crippen LogP) is 12.9. The van der Waals surface area contributed by atoms with E-state index in [0.29, 0.717) is 128 Å². The number of amidine groups is 3. The molecule has 25 nitrogen and oxygen atoms in total. The van der Waals surface area contributed by atoms with Gasteiger partial charge in [0.1, 0.15) is 29.9 Å². The van der Waals surface area contributed by atoms with E-state index < -0.39 is 11.7 Å². The molecule has 576 valence electrons. The van der Waals surface area contributed by atoms with Crippen molar-refractivity contribution < 1.29 is 23.6 Å². The van der Waals surface area contributed by atoms with Crippen molar-refractivity contribution in [3.63, 3.8) is 0 Å². The zero-order valence-electron chi connectivity index (χ0n) is 64.0. The third kappa shape index (κ3) is 18.2. The Kier molecular flexibility index (Phi) is 25.1. The summed E-state index contributed by atoms with van der Waals surface area (Å²) in [5, 5.41) is 7.87. The molecule has 3 aliphatic heterocycles. The van der Waals surface area contributed by atoms with Crippen molar-refractivity contribution >= 4 is 109 Å². The number of pyridine rings is 2. The molecule has 11 aromatic rings. The number of carbonyl (C=O) groups is 4. The van der Waals surface area contributed by atoms with Crippen LogP contribution < -0.4 is 39.6 Å². The first-order chi connectivity index (χ1) is 54.7. The molecule has 3 aliphatic rings. The van der Waals surface area contributed by atoms with Crippen LogP contribution in [-0.2, 0) is 25.7 Å². The molecule has 0 aliphatic carbocycles. The second kappa shape index (κ2) is 35.9. The van der Waals surface area contributed by atoms with Crippen molar-refractivity contribution in [3.8, 4) is 45.3 Å². The molecule has 4 amide bonds. The molecule has 0 spiro atoms. The molecule has 113 heavy (non-hydrogen) atoms. The molecule has 5 aromatic heterocycles. The molecular formula is C87H89FN18O7. The maximum atomic E-state index is 15.4. The Labute approximate surface area is 652 Å². The van der Waals surface area contributed by atoms with Crippen LogP contribution in [0.1, 0.15) is 116 Å². The van der Waals surface area contributed by atoms with E-state index in [1.807, 2.05) is 109 Å². The molecule has 8 N–H and O–H groups in total. The highest BCUT2D eigenvalue weighted by Crippen LogP contribution is 2.38. The van der Waals surface area contributed by atoms with Gasteiger partial charge < -0.3 is 42.2 Å². The van der Waals surface area contributed by atoms with E-state index in [1.54, 1.807) is 96.7 Å². The van der Waals surface area contributed by atoms with Gasteiger partial charge in [0.05, 0.1) is 28.6 Å². The maximum absolute atomic E-state index is 15.4. The van der Waals surface area contributed by atoms with Gasteiger partial charge in [-0.15, -0.1) is 0 Å². The van der Waals surface area contributed by atoms with Crippen LogP contribution in [0.25, 0.3) is 95.8 Å². The number of rotatable bonds is 22. The second-order valence-electron chi connectivity index (χ2n) is 27.7. The Bertz CT molecular complexity index is 5620. The molecule has 6 aromatic carbocycles. The molecule has 0 radical (unpaired) electrons. The molecule has 26 heteroatoms. The summed E-state index contributed by atoms with van der Waals surface area (Å²) in [6.45, 7) is 16.2. The number of fused-ring (bicyclic) bond motifs is 6. The zero-order valence-corrected chi connectivity index (χ0v) is 64.0. The van der Waals surface area contributed by atoms with E-state index in [1.165, 1.54) is 26.1 Å². The van der Waals surface area contributed by atoms with Crippen molar-refractivity contribution in [2.24, 2.45) is 37.9 Å². The van der Waals surface area contributed by atoms with Crippen LogP contribution in [0.15, 0.2) is 217 Å². The average Bonchev–Trinajstić information content (AvgIpc) is 1.14. The largest absolute Gasteiger partial charge is 0.387 e. The lowest BCUT2D eigenvalue weighted by Crippen LogP contribution is -2.34. The maximum Gasteiger partial charge on any atom is 0.282 e. The van der Waals surface area contributed by atoms with E-state index in [0.717, 1.165) is 96.1 Å². The van der Waals surface area contributed by atoms with E-state index in [4.69, 9.17) is 22.9 Å². The first kappa shape index (κ1) is 79.0. The normalized spacial score (nSPS) is 12.9. The quantitative estimate of drug-likeness (QED) is 0.0490. The van der Waals surface area contributed by atoms with Crippen LogP contribution in [0.4, 0.5) is 21.5 Å². The fraction of sp³-hybridized carbons (Fsp3) is 0.253. The van der Waals surface area contributed by atoms with Gasteiger partial charge in [0, 0.05) is 151 Å². The zero-order chi connectivity index (χ0) is 80.0. The number of primary amides is 1. The Balaban J connectivity index is 0.000000157. The van der Waals surface area contributed by atoms with Crippen molar-refractivity contribution in [2.75, 3.05) is 39.3 Å². The number of nitrogens with two attached hydrogens (primary N) is 4. The van der Waals surface area contributed by atoms with Gasteiger partial charge in [-0.05, 0) is 180 Å². The molecule has 8 heterocycles. The molecule has 0 atom stereocenters. The van der Waals surface area contributed by atoms with Crippen molar-refractivity contribution in [2.45, 2.75) is 106 Å². The smallest absolute Gasteiger partial charge is 0.282 e. The van der Waals surface area contributed by atoms with Crippen LogP contribution in [0, 0.1) is 5.82 Å². The number of aliphatic imine (C=N–C) groups is 3. The molecule has 0 unspecified atom stereocenters. The highest BCUT2D eigenvalue weighted by Gasteiger charge is 2.26. The van der Waals surface area contributed by atoms with Crippen LogP contribution in [-0.4, -0.2) is 134 Å². The van der Waals surface area contributed by atoms with Crippen LogP contribution in [0.3, 0.4) is 0 Å². The van der Waals surface area contributed by atoms with Gasteiger partial charge in [-0.2, -0.15) is 9.78 Å². The monoisotopic (exact) mass is 1520 g/mol. The summed E-state index contributed by atoms with van der Waals surface area (Å²) in [5.41, 5.74) is 33.5. The number of nitrogens with zero attached hydrogens (tertiary/aromatic N) is 14. The topological polar surface area (TPSA) is 350 Å². The standard InChI is InChI=1S/C30H30N6O2.C29H29N7O2.C28H30FN5O3/c1-3-13-35(14-4-2)28(37)24-17-23-7-6-21(18-26(23)34-27(31)19-24)20-8-9-25-22(16-20)10-15-36(29(25)38)30-32-11-5-12-33-30;1-3-12-35(13-4-2)27(37)22-15-21-7-6-20(16-25(21)34-26(30)17-22)19-8-9-24-23(14-19)18-33-36(28(24)38)29-31-10-5-11-32-29;1-3-8-33(9-4-2)27(36)20-12-19-13-23(29)22(15-24(19)32-25(30)14-20)17-5-6-21-18(11-17)7-10-34(28(21)37)16-26(31)35/h5-12,15-18H,3-4,13-14,19H2,1-2H3,(H2,31,34);5-11,14-16,18H,3-4,12-13,17H2,1-2H3,(H2,30,34);5-7,10-13,15H,3-4,8-9,14,16H2,1-2H3,(H2,30,32)(H2,31,35). The summed E-state index contributed by atoms with van der Waals surface area (Å²) >= 11 is 0. The highest BCUT2D eigenvalue weighted by molar-refractivity contribution is 6.08. The van der Waals surface area contributed by atoms with Gasteiger partial charge in [0.25, 0.3) is 22.6 Å². The van der Waals surface area contributed by atoms with E-state index >= 15 is 4.39 Å². The highest BCUT2D eigenvalue weighted by atomic mass is 19.1. The van der Waals surface area contributed by atoms with Gasteiger partial charge in [0.2, 0.25) is 29.6 Å². The minimum Gasteiger partial charge on any atom is -0.387 e. The number of aromatic nitrogens is 8. The van der Waals surface area contributed by atoms with Gasteiger partial charge in [0.15, 0.2) is 0 Å². The minimum atomic E-state index is -0.618. The van der Waals surface area contributed by atoms with E-state index in [9.17, 15) is 33.6 Å². The van der Waals surface area contributed by atoms with Crippen LogP contribution in [0.5, 0.6) is 0 Å². The Morgan fingerprint density at radius 1 is 0.434 bits per heavy atom. The third-order valence-corrected chi connectivity index (χ3v) is 19.2. The Morgan fingerprint density at radius 3 is 1.29 bits per heavy atom. The molecule has 0 fully saturated rings. The third-order valence-electron chi connectivity index (χ3n) is 19.2. The van der Waals surface area contributed by atoms with Crippen molar-refractivity contribution in [1.29, 1.82) is 0 Å². The molecule has 0 saturated carbocycles. The lowest BCUT2D eigenvalue weighted by atomic mass is 9.98. The number of hydrogen-bond acceptors (Lipinski definition) is 18. The fourth-order valence-electron chi connectivity index (χ4n) is 14.0. The second-order valence-corrected chi connectivity index (χ2v) is 27.7. The molecule has 0 saturated heterocycles. The first-order valence-electron chi connectivity index (χ1n) is 37.9. The fourth-order valence-corrected chi connectivity index (χ4v) is 14.0. The van der Waals surface area contributed by atoms with Gasteiger partial charge in [-0.1, -0.05) is 84.0 Å². The lowest BCUT2D eigenvalue weighted by Gasteiger charge is -2.22. The van der Waals surface area contributed by atoms with Crippen molar-refractivity contribution in [1.82, 2.24) is 53.6 Å². The average molecular weight is 1520 g/mol. The molecular weight excluding hydrogens is 1430 g/mol. The summed E-state index contributed by atoms with van der Waals surface area (Å²) in [6.07, 6.45) is 22.7.